The second kappa shape index (κ2) is 3.16. The van der Waals surface area contributed by atoms with E-state index in [-0.39, 0.29) is 0 Å². The van der Waals surface area contributed by atoms with Gasteiger partial charge in [-0.1, -0.05) is 0 Å². The normalized spacial score (nSPS) is 14.9. The van der Waals surface area contributed by atoms with Gasteiger partial charge >= 0.3 is 73.8 Å². The first-order valence-electron chi connectivity index (χ1n) is 2.73. The molecule has 0 saturated heterocycles. The fourth-order valence-electron chi connectivity index (χ4n) is 0.358. The van der Waals surface area contributed by atoms with Crippen molar-refractivity contribution < 1.29 is 30.4 Å². The van der Waals surface area contributed by atoms with Gasteiger partial charge in [-0.15, -0.1) is 0 Å². The standard InChI is InChI=1S/C3H2F5O2S.Li/c1-11(9,10)3(7,8)2(4,5)6;/h1H2;. The van der Waals surface area contributed by atoms with Crippen LogP contribution in [0.15, 0.2) is 0 Å². The van der Waals surface area contributed by atoms with Crippen LogP contribution in [0.3, 0.4) is 0 Å². The van der Waals surface area contributed by atoms with Crippen molar-refractivity contribution in [2.75, 3.05) is 4.43 Å². The van der Waals surface area contributed by atoms with Crippen LogP contribution in [0.4, 0.5) is 22.0 Å². The number of sulfone groups is 1. The zero-order valence-corrected chi connectivity index (χ0v) is 6.64. The molecule has 2 nitrogen and oxygen atoms in total. The van der Waals surface area contributed by atoms with Gasteiger partial charge in [0.25, 0.3) is 0 Å². The molecule has 9 heteroatoms. The number of halogens is 5. The molecule has 0 heterocycles. The summed E-state index contributed by atoms with van der Waals surface area (Å²) in [4.78, 5) is 0. The summed E-state index contributed by atoms with van der Waals surface area (Å²) < 4.78 is 77.3. The van der Waals surface area contributed by atoms with Gasteiger partial charge < -0.3 is 0 Å². The van der Waals surface area contributed by atoms with E-state index in [1.54, 1.807) is 0 Å². The first-order valence-corrected chi connectivity index (χ1v) is 4.38. The monoisotopic (exact) mass is 204 g/mol. The molecule has 0 aliphatic rings. The Morgan fingerprint density at radius 1 is 1.08 bits per heavy atom. The first kappa shape index (κ1) is 12.2. The van der Waals surface area contributed by atoms with Crippen molar-refractivity contribution in [1.29, 1.82) is 0 Å². The minimum absolute atomic E-state index is 0.717. The van der Waals surface area contributed by atoms with Crippen LogP contribution in [0.1, 0.15) is 0 Å². The van der Waals surface area contributed by atoms with Gasteiger partial charge in [0, 0.05) is 0 Å². The molecule has 0 unspecified atom stereocenters. The summed E-state index contributed by atoms with van der Waals surface area (Å²) in [6, 6.07) is 0. The van der Waals surface area contributed by atoms with E-state index in [0.29, 0.717) is 0 Å². The summed E-state index contributed by atoms with van der Waals surface area (Å²) in [5.74, 6) is 0. The molecule has 12 heavy (non-hydrogen) atoms. The van der Waals surface area contributed by atoms with Crippen LogP contribution in [0.2, 0.25) is 0 Å². The zero-order valence-electron chi connectivity index (χ0n) is 5.82. The Labute approximate surface area is 74.2 Å². The molecule has 0 aliphatic heterocycles. The maximum absolute atomic E-state index is 12.0. The SMILES string of the molecule is [Li][CH2]S(=O)(=O)C(F)(F)C(F)(F)F. The molecule has 0 aromatic rings. The van der Waals surface area contributed by atoms with Gasteiger partial charge in [0.05, 0.1) is 0 Å². The van der Waals surface area contributed by atoms with Gasteiger partial charge in [0.1, 0.15) is 0 Å². The Balaban J connectivity index is 5.14. The van der Waals surface area contributed by atoms with Crippen molar-refractivity contribution in [3.8, 4) is 0 Å². The topological polar surface area (TPSA) is 34.1 Å². The summed E-state index contributed by atoms with van der Waals surface area (Å²) in [6.07, 6.45) is -6.04. The fourth-order valence-corrected chi connectivity index (χ4v) is 1.07. The third kappa shape index (κ3) is 1.92. The predicted octanol–water partition coefficient (Wildman–Crippen LogP) is 0.682. The van der Waals surface area contributed by atoms with Crippen molar-refractivity contribution in [3.63, 3.8) is 0 Å². The zero-order chi connectivity index (χ0) is 10.2. The number of rotatable bonds is 2. The summed E-state index contributed by atoms with van der Waals surface area (Å²) in [6.45, 7) is 0. The predicted molar refractivity (Wildman–Crippen MR) is 30.5 cm³/mol. The molecule has 0 N–H and O–H groups in total. The quantitative estimate of drug-likeness (QED) is 0.489. The van der Waals surface area contributed by atoms with E-state index >= 15 is 0 Å². The Morgan fingerprint density at radius 3 is 1.50 bits per heavy atom. The van der Waals surface area contributed by atoms with Crippen LogP contribution >= 0.6 is 0 Å². The average molecular weight is 204 g/mol. The second-order valence-electron chi connectivity index (χ2n) is 1.92. The van der Waals surface area contributed by atoms with Crippen LogP contribution < -0.4 is 0 Å². The van der Waals surface area contributed by atoms with Crippen LogP contribution in [-0.4, -0.2) is 42.0 Å². The summed E-state index contributed by atoms with van der Waals surface area (Å²) in [5, 5.41) is -5.64. The Bertz CT molecular complexity index is 254. The Hall–Kier alpha value is 0.197. The molecule has 0 aliphatic carbocycles. The van der Waals surface area contributed by atoms with Gasteiger partial charge in [0.15, 0.2) is 0 Å². The Morgan fingerprint density at radius 2 is 1.42 bits per heavy atom. The molecule has 0 bridgehead atoms. The van der Waals surface area contributed by atoms with E-state index in [2.05, 4.69) is 0 Å². The van der Waals surface area contributed by atoms with Crippen molar-refractivity contribution in [3.05, 3.63) is 0 Å². The number of hydrogen-bond donors (Lipinski definition) is 0. The molecule has 0 atom stereocenters. The molecule has 0 radical (unpaired) electrons. The Kier molecular flexibility index (Phi) is 3.21. The van der Waals surface area contributed by atoms with E-state index in [1.165, 1.54) is 0 Å². The van der Waals surface area contributed by atoms with Crippen molar-refractivity contribution in [1.82, 2.24) is 0 Å². The van der Waals surface area contributed by atoms with Gasteiger partial charge in [-0.05, 0) is 0 Å². The van der Waals surface area contributed by atoms with Crippen molar-refractivity contribution in [2.24, 2.45) is 0 Å². The number of alkyl halides is 5. The summed E-state index contributed by atoms with van der Waals surface area (Å²) in [7, 11) is -5.41. The molecule has 0 fully saturated rings. The maximum atomic E-state index is 12.0. The van der Waals surface area contributed by atoms with Crippen LogP contribution in [-0.2, 0) is 9.84 Å². The molecule has 0 aromatic heterocycles. The van der Waals surface area contributed by atoms with E-state index in [1.807, 2.05) is 0 Å². The summed E-state index contributed by atoms with van der Waals surface area (Å²) in [5.41, 5.74) is 0. The molecule has 0 amide bonds. The molecular weight excluding hydrogens is 202 g/mol. The van der Waals surface area contributed by atoms with Crippen LogP contribution in [0, 0.1) is 0 Å². The first-order chi connectivity index (χ1) is 5.06. The van der Waals surface area contributed by atoms with Gasteiger partial charge in [-0.2, -0.15) is 0 Å². The molecule has 0 aromatic carbocycles. The van der Waals surface area contributed by atoms with Crippen molar-refractivity contribution >= 4 is 27.6 Å². The average Bonchev–Trinajstić information content (AvgIpc) is 1.85. The van der Waals surface area contributed by atoms with E-state index in [9.17, 15) is 30.4 Å². The third-order valence-corrected chi connectivity index (χ3v) is 2.87. The van der Waals surface area contributed by atoms with Crippen LogP contribution in [0.5, 0.6) is 0 Å². The van der Waals surface area contributed by atoms with E-state index < -0.39 is 25.7 Å². The van der Waals surface area contributed by atoms with Crippen molar-refractivity contribution in [2.45, 2.75) is 11.4 Å². The van der Waals surface area contributed by atoms with Crippen LogP contribution in [0.25, 0.3) is 0 Å². The fraction of sp³-hybridized carbons (Fsp3) is 1.00. The summed E-state index contributed by atoms with van der Waals surface area (Å²) >= 11 is 0.717. The third-order valence-electron chi connectivity index (χ3n) is 1.10. The van der Waals surface area contributed by atoms with E-state index in [4.69, 9.17) is 0 Å². The molecule has 68 valence electrons. The minimum atomic E-state index is -6.04. The molecule has 0 spiro atoms. The second-order valence-corrected chi connectivity index (χ2v) is 4.24. The van der Waals surface area contributed by atoms with Gasteiger partial charge in [0.2, 0.25) is 0 Å². The molecular formula is C3H2F5LiO2S. The molecule has 0 saturated carbocycles. The van der Waals surface area contributed by atoms with Gasteiger partial charge in [-0.3, -0.25) is 0 Å². The molecule has 0 rings (SSSR count). The van der Waals surface area contributed by atoms with E-state index in [0.717, 1.165) is 17.7 Å². The van der Waals surface area contributed by atoms with Gasteiger partial charge in [-0.25, -0.2) is 0 Å². The number of hydrogen-bond acceptors (Lipinski definition) is 2.